The van der Waals surface area contributed by atoms with E-state index >= 15 is 0 Å². The van der Waals surface area contributed by atoms with Gasteiger partial charge < -0.3 is 4.52 Å². The Kier molecular flexibility index (Phi) is 4.29. The van der Waals surface area contributed by atoms with Crippen LogP contribution in [0.5, 0.6) is 0 Å². The van der Waals surface area contributed by atoms with Crippen LogP contribution in [0.15, 0.2) is 22.7 Å². The smallest absolute Gasteiger partial charge is 0.273 e. The van der Waals surface area contributed by atoms with Crippen molar-refractivity contribution >= 4 is 17.3 Å². The molecule has 0 aliphatic carbocycles. The first-order valence-corrected chi connectivity index (χ1v) is 6.38. The first kappa shape index (κ1) is 14.4. The van der Waals surface area contributed by atoms with E-state index in [1.807, 2.05) is 6.92 Å². The number of hydrogen-bond donors (Lipinski definition) is 0. The van der Waals surface area contributed by atoms with Crippen LogP contribution < -0.4 is 0 Å². The van der Waals surface area contributed by atoms with Gasteiger partial charge in [-0.25, -0.2) is 4.39 Å². The molecule has 0 N–H and O–H groups in total. The van der Waals surface area contributed by atoms with E-state index in [2.05, 4.69) is 10.1 Å². The Morgan fingerprint density at radius 3 is 2.90 bits per heavy atom. The standard InChI is InChI=1S/C12H11ClFN3O3/c1-2-3-10(13)11-15-12(20-16-11)7-4-8(14)6-9(5-7)17(18)19/h4-6,10H,2-3H2,1H3. The summed E-state index contributed by atoms with van der Waals surface area (Å²) in [6, 6.07) is 3.08. The van der Waals surface area contributed by atoms with Crippen molar-refractivity contribution in [3.63, 3.8) is 0 Å². The number of nitrogens with zero attached hydrogens (tertiary/aromatic N) is 3. The average molecular weight is 300 g/mol. The molecular weight excluding hydrogens is 289 g/mol. The highest BCUT2D eigenvalue weighted by molar-refractivity contribution is 6.20. The molecule has 20 heavy (non-hydrogen) atoms. The average Bonchev–Trinajstić information content (AvgIpc) is 2.88. The van der Waals surface area contributed by atoms with Crippen LogP contribution in [-0.2, 0) is 0 Å². The lowest BCUT2D eigenvalue weighted by atomic mass is 10.2. The van der Waals surface area contributed by atoms with E-state index < -0.39 is 16.1 Å². The largest absolute Gasteiger partial charge is 0.334 e. The van der Waals surface area contributed by atoms with Gasteiger partial charge in [-0.2, -0.15) is 4.98 Å². The molecule has 0 saturated heterocycles. The molecule has 106 valence electrons. The molecule has 0 radical (unpaired) electrons. The van der Waals surface area contributed by atoms with Crippen molar-refractivity contribution in [3.8, 4) is 11.5 Å². The van der Waals surface area contributed by atoms with Crippen molar-refractivity contribution in [1.82, 2.24) is 10.1 Å². The summed E-state index contributed by atoms with van der Waals surface area (Å²) in [6.45, 7) is 1.96. The van der Waals surface area contributed by atoms with Crippen LogP contribution in [0, 0.1) is 15.9 Å². The van der Waals surface area contributed by atoms with Crippen LogP contribution >= 0.6 is 11.6 Å². The van der Waals surface area contributed by atoms with Gasteiger partial charge in [0.05, 0.1) is 16.4 Å². The molecule has 1 aromatic carbocycles. The van der Waals surface area contributed by atoms with E-state index in [0.717, 1.165) is 18.6 Å². The van der Waals surface area contributed by atoms with Gasteiger partial charge >= 0.3 is 0 Å². The van der Waals surface area contributed by atoms with Crippen molar-refractivity contribution in [1.29, 1.82) is 0 Å². The monoisotopic (exact) mass is 299 g/mol. The summed E-state index contributed by atoms with van der Waals surface area (Å²) in [6.07, 6.45) is 1.52. The molecule has 0 amide bonds. The zero-order valence-electron chi connectivity index (χ0n) is 10.5. The number of nitro benzene ring substituents is 1. The summed E-state index contributed by atoms with van der Waals surface area (Å²) < 4.78 is 18.3. The van der Waals surface area contributed by atoms with Gasteiger partial charge in [0.1, 0.15) is 5.82 Å². The molecule has 1 unspecified atom stereocenters. The molecule has 0 aliphatic heterocycles. The van der Waals surface area contributed by atoms with Crippen molar-refractivity contribution in [3.05, 3.63) is 40.0 Å². The number of benzene rings is 1. The van der Waals surface area contributed by atoms with E-state index in [1.54, 1.807) is 0 Å². The highest BCUT2D eigenvalue weighted by atomic mass is 35.5. The van der Waals surface area contributed by atoms with Gasteiger partial charge in [0, 0.05) is 11.6 Å². The second kappa shape index (κ2) is 5.96. The van der Waals surface area contributed by atoms with Gasteiger partial charge in [-0.05, 0) is 12.5 Å². The second-order valence-corrected chi connectivity index (χ2v) is 4.70. The minimum Gasteiger partial charge on any atom is -0.334 e. The maximum absolute atomic E-state index is 13.3. The molecule has 1 heterocycles. The zero-order valence-corrected chi connectivity index (χ0v) is 11.3. The van der Waals surface area contributed by atoms with E-state index in [1.165, 1.54) is 6.07 Å². The van der Waals surface area contributed by atoms with Gasteiger partial charge in [0.25, 0.3) is 11.6 Å². The summed E-state index contributed by atoms with van der Waals surface area (Å²) in [5, 5.41) is 14.0. The lowest BCUT2D eigenvalue weighted by Crippen LogP contribution is -1.93. The Morgan fingerprint density at radius 1 is 1.50 bits per heavy atom. The van der Waals surface area contributed by atoms with Gasteiger partial charge in [0.15, 0.2) is 5.82 Å². The molecule has 0 bridgehead atoms. The Morgan fingerprint density at radius 2 is 2.25 bits per heavy atom. The normalized spacial score (nSPS) is 12.3. The van der Waals surface area contributed by atoms with Crippen LogP contribution in [0.2, 0.25) is 0 Å². The number of hydrogen-bond acceptors (Lipinski definition) is 5. The summed E-state index contributed by atoms with van der Waals surface area (Å²) in [7, 11) is 0. The van der Waals surface area contributed by atoms with Gasteiger partial charge in [-0.15, -0.1) is 11.6 Å². The van der Waals surface area contributed by atoms with Crippen molar-refractivity contribution < 1.29 is 13.8 Å². The molecular formula is C12H11ClFN3O3. The fraction of sp³-hybridized carbons (Fsp3) is 0.333. The summed E-state index contributed by atoms with van der Waals surface area (Å²) in [5.41, 5.74) is -0.230. The molecule has 0 saturated carbocycles. The third-order valence-corrected chi connectivity index (χ3v) is 3.02. The third-order valence-electron chi connectivity index (χ3n) is 2.60. The lowest BCUT2D eigenvalue weighted by molar-refractivity contribution is -0.385. The Balaban J connectivity index is 2.34. The second-order valence-electron chi connectivity index (χ2n) is 4.17. The van der Waals surface area contributed by atoms with E-state index in [-0.39, 0.29) is 23.0 Å². The molecule has 6 nitrogen and oxygen atoms in total. The first-order chi connectivity index (χ1) is 9.51. The van der Waals surface area contributed by atoms with Crippen LogP contribution in [0.1, 0.15) is 31.0 Å². The molecule has 1 aromatic heterocycles. The number of nitro groups is 1. The van der Waals surface area contributed by atoms with Crippen molar-refractivity contribution in [2.24, 2.45) is 0 Å². The molecule has 0 fully saturated rings. The summed E-state index contributed by atoms with van der Waals surface area (Å²) in [4.78, 5) is 14.0. The number of aromatic nitrogens is 2. The lowest BCUT2D eigenvalue weighted by Gasteiger charge is -1.99. The minimum absolute atomic E-state index is 0.00403. The van der Waals surface area contributed by atoms with Gasteiger partial charge in [-0.1, -0.05) is 18.5 Å². The molecule has 0 spiro atoms. The minimum atomic E-state index is -0.745. The quantitative estimate of drug-likeness (QED) is 0.475. The van der Waals surface area contributed by atoms with Crippen LogP contribution in [0.25, 0.3) is 11.5 Å². The first-order valence-electron chi connectivity index (χ1n) is 5.94. The highest BCUT2D eigenvalue weighted by Gasteiger charge is 2.18. The Bertz CT molecular complexity index is 632. The van der Waals surface area contributed by atoms with Gasteiger partial charge in [0.2, 0.25) is 0 Å². The molecule has 1 atom stereocenters. The number of rotatable bonds is 5. The van der Waals surface area contributed by atoms with Crippen LogP contribution in [-0.4, -0.2) is 15.1 Å². The fourth-order valence-corrected chi connectivity index (χ4v) is 1.97. The molecule has 0 aliphatic rings. The highest BCUT2D eigenvalue weighted by Crippen LogP contribution is 2.28. The molecule has 2 aromatic rings. The van der Waals surface area contributed by atoms with E-state index in [0.29, 0.717) is 6.42 Å². The van der Waals surface area contributed by atoms with Crippen LogP contribution in [0.4, 0.5) is 10.1 Å². The molecule has 2 rings (SSSR count). The number of halogens is 2. The maximum atomic E-state index is 13.3. The van der Waals surface area contributed by atoms with E-state index in [9.17, 15) is 14.5 Å². The van der Waals surface area contributed by atoms with Crippen LogP contribution in [0.3, 0.4) is 0 Å². The number of non-ortho nitro benzene ring substituents is 1. The van der Waals surface area contributed by atoms with E-state index in [4.69, 9.17) is 16.1 Å². The van der Waals surface area contributed by atoms with Crippen molar-refractivity contribution in [2.45, 2.75) is 25.1 Å². The fourth-order valence-electron chi connectivity index (χ4n) is 1.66. The molecule has 8 heteroatoms. The maximum Gasteiger partial charge on any atom is 0.273 e. The van der Waals surface area contributed by atoms with Crippen molar-refractivity contribution in [2.75, 3.05) is 0 Å². The number of alkyl halides is 1. The predicted octanol–water partition coefficient (Wildman–Crippen LogP) is 3.86. The topological polar surface area (TPSA) is 82.1 Å². The van der Waals surface area contributed by atoms with Gasteiger partial charge in [-0.3, -0.25) is 10.1 Å². The summed E-state index contributed by atoms with van der Waals surface area (Å²) >= 11 is 6.05. The third kappa shape index (κ3) is 3.11. The SMILES string of the molecule is CCCC(Cl)c1noc(-c2cc(F)cc([N+](=O)[O-])c2)n1. The predicted molar refractivity (Wildman–Crippen MR) is 69.8 cm³/mol. The zero-order chi connectivity index (χ0) is 14.7. The summed E-state index contributed by atoms with van der Waals surface area (Å²) in [5.74, 6) is -0.454. The Labute approximate surface area is 118 Å². The Hall–Kier alpha value is -2.02.